The van der Waals surface area contributed by atoms with Gasteiger partial charge in [-0.05, 0) is 58.9 Å². The van der Waals surface area contributed by atoms with Crippen molar-refractivity contribution in [3.63, 3.8) is 0 Å². The van der Waals surface area contributed by atoms with Gasteiger partial charge in [-0.15, -0.1) is 0 Å². The molecule has 2 rings (SSSR count). The minimum Gasteiger partial charge on any atom is -0.444 e. The van der Waals surface area contributed by atoms with Crippen LogP contribution in [-0.2, 0) is 4.74 Å². The molecule has 0 aromatic carbocycles. The highest BCUT2D eigenvalue weighted by molar-refractivity contribution is 5.68. The average molecular weight is 282 g/mol. The third kappa shape index (κ3) is 4.97. The van der Waals surface area contributed by atoms with Crippen molar-refractivity contribution in [2.24, 2.45) is 5.92 Å². The Bertz CT molecular complexity index is 319. The Balaban J connectivity index is 1.63. The molecular formula is C16H30N2O2. The molecule has 116 valence electrons. The first-order valence-corrected chi connectivity index (χ1v) is 8.15. The van der Waals surface area contributed by atoms with Crippen molar-refractivity contribution in [3.8, 4) is 0 Å². The molecular weight excluding hydrogens is 252 g/mol. The fraction of sp³-hybridized carbons (Fsp3) is 0.938. The van der Waals surface area contributed by atoms with Crippen LogP contribution in [0.3, 0.4) is 0 Å². The summed E-state index contributed by atoms with van der Waals surface area (Å²) in [7, 11) is 0. The Morgan fingerprint density at radius 3 is 2.60 bits per heavy atom. The molecule has 1 saturated carbocycles. The number of rotatable bonds is 4. The quantitative estimate of drug-likeness (QED) is 0.861. The zero-order chi connectivity index (χ0) is 14.6. The molecule has 1 saturated heterocycles. The van der Waals surface area contributed by atoms with E-state index in [2.05, 4.69) is 5.32 Å². The lowest BCUT2D eigenvalue weighted by atomic mass is 10.0. The minimum atomic E-state index is -0.390. The first-order chi connectivity index (χ1) is 9.44. The number of ether oxygens (including phenoxy) is 1. The van der Waals surface area contributed by atoms with Gasteiger partial charge in [-0.25, -0.2) is 4.79 Å². The van der Waals surface area contributed by atoms with Crippen LogP contribution < -0.4 is 5.32 Å². The van der Waals surface area contributed by atoms with E-state index in [0.717, 1.165) is 32.1 Å². The number of carbonyl (C=O) groups excluding carboxylic acids is 1. The largest absolute Gasteiger partial charge is 0.444 e. The smallest absolute Gasteiger partial charge is 0.410 e. The van der Waals surface area contributed by atoms with Crippen molar-refractivity contribution in [3.05, 3.63) is 0 Å². The summed E-state index contributed by atoms with van der Waals surface area (Å²) < 4.78 is 5.43. The van der Waals surface area contributed by atoms with Gasteiger partial charge in [0, 0.05) is 19.1 Å². The third-order valence-corrected chi connectivity index (χ3v) is 4.28. The van der Waals surface area contributed by atoms with E-state index in [1.807, 2.05) is 25.7 Å². The molecule has 0 bridgehead atoms. The highest BCUT2D eigenvalue weighted by atomic mass is 16.6. The number of carbonyl (C=O) groups is 1. The van der Waals surface area contributed by atoms with Crippen LogP contribution in [0, 0.1) is 5.92 Å². The average Bonchev–Trinajstić information content (AvgIpc) is 2.97. The van der Waals surface area contributed by atoms with E-state index in [4.69, 9.17) is 4.74 Å². The molecule has 1 aliphatic heterocycles. The summed E-state index contributed by atoms with van der Waals surface area (Å²) in [5.74, 6) is 0.636. The fourth-order valence-electron chi connectivity index (χ4n) is 3.18. The van der Waals surface area contributed by atoms with E-state index in [-0.39, 0.29) is 11.7 Å². The molecule has 20 heavy (non-hydrogen) atoms. The topological polar surface area (TPSA) is 41.6 Å². The molecule has 0 aromatic heterocycles. The predicted molar refractivity (Wildman–Crippen MR) is 80.8 cm³/mol. The third-order valence-electron chi connectivity index (χ3n) is 4.28. The van der Waals surface area contributed by atoms with Crippen LogP contribution >= 0.6 is 0 Å². The zero-order valence-electron chi connectivity index (χ0n) is 13.3. The summed E-state index contributed by atoms with van der Waals surface area (Å²) in [6, 6.07) is 0.748. The maximum atomic E-state index is 12.0. The lowest BCUT2D eigenvalue weighted by Gasteiger charge is -2.24. The first kappa shape index (κ1) is 15.6. The first-order valence-electron chi connectivity index (χ1n) is 8.15. The predicted octanol–water partition coefficient (Wildman–Crippen LogP) is 3.17. The van der Waals surface area contributed by atoms with Crippen molar-refractivity contribution in [2.45, 2.75) is 70.9 Å². The van der Waals surface area contributed by atoms with E-state index in [1.54, 1.807) is 0 Å². The zero-order valence-corrected chi connectivity index (χ0v) is 13.3. The highest BCUT2D eigenvalue weighted by Gasteiger charge is 2.29. The molecule has 0 spiro atoms. The molecule has 0 aromatic rings. The number of nitrogens with zero attached hydrogens (tertiary/aromatic N) is 1. The molecule has 2 aliphatic rings. The molecule has 2 fully saturated rings. The number of nitrogens with one attached hydrogen (secondary N) is 1. The number of hydrogen-bond donors (Lipinski definition) is 1. The Morgan fingerprint density at radius 1 is 1.25 bits per heavy atom. The maximum Gasteiger partial charge on any atom is 0.410 e. The van der Waals surface area contributed by atoms with Crippen molar-refractivity contribution < 1.29 is 9.53 Å². The molecule has 1 heterocycles. The second-order valence-corrected chi connectivity index (χ2v) is 7.31. The van der Waals surface area contributed by atoms with Gasteiger partial charge < -0.3 is 15.0 Å². The molecule has 0 radical (unpaired) electrons. The van der Waals surface area contributed by atoms with Crippen molar-refractivity contribution >= 4 is 6.09 Å². The van der Waals surface area contributed by atoms with E-state index < -0.39 is 0 Å². The Kier molecular flexibility index (Phi) is 5.30. The Hall–Kier alpha value is -0.770. The monoisotopic (exact) mass is 282 g/mol. The Labute approximate surface area is 123 Å². The van der Waals surface area contributed by atoms with E-state index >= 15 is 0 Å². The van der Waals surface area contributed by atoms with Gasteiger partial charge >= 0.3 is 6.09 Å². The SMILES string of the molecule is CC(C)(C)OC(=O)N1CCC(CCNC2CCCC2)C1. The standard InChI is InChI=1S/C16H30N2O2/c1-16(2,3)20-15(19)18-11-9-13(12-18)8-10-17-14-6-4-5-7-14/h13-14,17H,4-12H2,1-3H3. The van der Waals surface area contributed by atoms with Crippen molar-refractivity contribution in [2.75, 3.05) is 19.6 Å². The molecule has 1 aliphatic carbocycles. The van der Waals surface area contributed by atoms with Crippen LogP contribution in [0.2, 0.25) is 0 Å². The molecule has 4 nitrogen and oxygen atoms in total. The van der Waals surface area contributed by atoms with Crippen molar-refractivity contribution in [1.82, 2.24) is 10.2 Å². The lowest BCUT2D eigenvalue weighted by Crippen LogP contribution is -2.35. The van der Waals surface area contributed by atoms with E-state index in [9.17, 15) is 4.79 Å². The number of amides is 1. The van der Waals surface area contributed by atoms with Crippen LogP contribution in [0.5, 0.6) is 0 Å². The fourth-order valence-corrected chi connectivity index (χ4v) is 3.18. The van der Waals surface area contributed by atoms with Gasteiger partial charge in [0.05, 0.1) is 0 Å². The lowest BCUT2D eigenvalue weighted by molar-refractivity contribution is 0.0287. The van der Waals surface area contributed by atoms with Crippen LogP contribution in [0.25, 0.3) is 0 Å². The number of hydrogen-bond acceptors (Lipinski definition) is 3. The maximum absolute atomic E-state index is 12.0. The van der Waals surface area contributed by atoms with Crippen molar-refractivity contribution in [1.29, 1.82) is 0 Å². The van der Waals surface area contributed by atoms with E-state index in [1.165, 1.54) is 32.1 Å². The van der Waals surface area contributed by atoms with Gasteiger partial charge in [0.1, 0.15) is 5.60 Å². The van der Waals surface area contributed by atoms with Crippen LogP contribution in [0.15, 0.2) is 0 Å². The number of likely N-dealkylation sites (tertiary alicyclic amines) is 1. The van der Waals surface area contributed by atoms with Crippen LogP contribution in [0.4, 0.5) is 4.79 Å². The molecule has 1 amide bonds. The second kappa shape index (κ2) is 6.79. The summed E-state index contributed by atoms with van der Waals surface area (Å²) in [6.45, 7) is 8.57. The van der Waals surface area contributed by atoms with Gasteiger partial charge in [0.2, 0.25) is 0 Å². The van der Waals surface area contributed by atoms with E-state index in [0.29, 0.717) is 5.92 Å². The van der Waals surface area contributed by atoms with Crippen LogP contribution in [0.1, 0.15) is 59.3 Å². The molecule has 1 unspecified atom stereocenters. The summed E-state index contributed by atoms with van der Waals surface area (Å²) in [6.07, 6.45) is 7.59. The second-order valence-electron chi connectivity index (χ2n) is 7.31. The van der Waals surface area contributed by atoms with Gasteiger partial charge in [0.25, 0.3) is 0 Å². The normalized spacial score (nSPS) is 24.4. The summed E-state index contributed by atoms with van der Waals surface area (Å²) in [4.78, 5) is 13.8. The summed E-state index contributed by atoms with van der Waals surface area (Å²) >= 11 is 0. The van der Waals surface area contributed by atoms with Crippen LogP contribution in [-0.4, -0.2) is 42.3 Å². The Morgan fingerprint density at radius 2 is 1.95 bits per heavy atom. The summed E-state index contributed by atoms with van der Waals surface area (Å²) in [5.41, 5.74) is -0.390. The minimum absolute atomic E-state index is 0.149. The summed E-state index contributed by atoms with van der Waals surface area (Å²) in [5, 5.41) is 3.66. The molecule has 1 atom stereocenters. The molecule has 1 N–H and O–H groups in total. The molecule has 4 heteroatoms. The highest BCUT2D eigenvalue weighted by Crippen LogP contribution is 2.22. The van der Waals surface area contributed by atoms with Gasteiger partial charge in [0.15, 0.2) is 0 Å². The van der Waals surface area contributed by atoms with Gasteiger partial charge in [-0.3, -0.25) is 0 Å². The van der Waals surface area contributed by atoms with Gasteiger partial charge in [-0.2, -0.15) is 0 Å². The van der Waals surface area contributed by atoms with Gasteiger partial charge in [-0.1, -0.05) is 12.8 Å².